The molecule has 3 aromatic heterocycles. The van der Waals surface area contributed by atoms with Gasteiger partial charge in [-0.05, 0) is 34.3 Å². The zero-order valence-corrected chi connectivity index (χ0v) is 11.8. The maximum atomic E-state index is 5.89. The zero-order chi connectivity index (χ0) is 12.0. The summed E-state index contributed by atoms with van der Waals surface area (Å²) in [5.41, 5.74) is 0.706. The van der Waals surface area contributed by atoms with Crippen LogP contribution in [-0.2, 0) is 0 Å². The van der Waals surface area contributed by atoms with E-state index in [9.17, 15) is 0 Å². The molecule has 0 saturated carbocycles. The van der Waals surface area contributed by atoms with Gasteiger partial charge in [0.05, 0.1) is 4.88 Å². The summed E-state index contributed by atoms with van der Waals surface area (Å²) in [6.07, 6.45) is 0. The van der Waals surface area contributed by atoms with Gasteiger partial charge in [-0.25, -0.2) is 4.98 Å². The number of hydrogen-bond donors (Lipinski definition) is 0. The van der Waals surface area contributed by atoms with Crippen LogP contribution < -0.4 is 0 Å². The summed E-state index contributed by atoms with van der Waals surface area (Å²) in [5.74, 6) is 1.55. The van der Waals surface area contributed by atoms with E-state index in [1.807, 2.05) is 22.8 Å². The van der Waals surface area contributed by atoms with Gasteiger partial charge in [-0.2, -0.15) is 0 Å². The van der Waals surface area contributed by atoms with Gasteiger partial charge in [-0.3, -0.25) is 4.40 Å². The Morgan fingerprint density at radius 1 is 1.41 bits per heavy atom. The Labute approximate surface area is 114 Å². The third kappa shape index (κ3) is 1.76. The fourth-order valence-electron chi connectivity index (χ4n) is 1.65. The molecule has 0 radical (unpaired) electrons. The number of rotatable bonds is 1. The summed E-state index contributed by atoms with van der Waals surface area (Å²) < 4.78 is 2.90. The van der Waals surface area contributed by atoms with Crippen molar-refractivity contribution in [3.05, 3.63) is 33.0 Å². The highest BCUT2D eigenvalue weighted by Crippen LogP contribution is 2.32. The van der Waals surface area contributed by atoms with Crippen molar-refractivity contribution in [1.29, 1.82) is 0 Å². The van der Waals surface area contributed by atoms with Crippen molar-refractivity contribution in [2.45, 2.75) is 6.92 Å². The number of hydrogen-bond acceptors (Lipinski definition) is 4. The zero-order valence-electron chi connectivity index (χ0n) is 8.69. The van der Waals surface area contributed by atoms with Crippen LogP contribution in [0.25, 0.3) is 16.3 Å². The van der Waals surface area contributed by atoms with Gasteiger partial charge in [0, 0.05) is 10.5 Å². The van der Waals surface area contributed by atoms with E-state index in [0.29, 0.717) is 10.8 Å². The number of aromatic nitrogens is 4. The Bertz CT molecular complexity index is 705. The minimum Gasteiger partial charge on any atom is -0.262 e. The van der Waals surface area contributed by atoms with Gasteiger partial charge in [-0.1, -0.05) is 11.6 Å². The lowest BCUT2D eigenvalue weighted by Crippen LogP contribution is -1.97. The summed E-state index contributed by atoms with van der Waals surface area (Å²) in [7, 11) is 0. The van der Waals surface area contributed by atoms with Crippen molar-refractivity contribution in [3.63, 3.8) is 0 Å². The van der Waals surface area contributed by atoms with E-state index in [1.165, 1.54) is 0 Å². The van der Waals surface area contributed by atoms with Crippen LogP contribution in [0.15, 0.2) is 22.0 Å². The molecule has 0 aliphatic rings. The van der Waals surface area contributed by atoms with Crippen molar-refractivity contribution in [2.75, 3.05) is 0 Å². The predicted octanol–water partition coefficient (Wildman–Crippen LogP) is 3.58. The van der Waals surface area contributed by atoms with E-state index in [0.717, 1.165) is 21.0 Å². The van der Waals surface area contributed by atoms with Gasteiger partial charge in [0.2, 0.25) is 0 Å². The third-order valence-electron chi connectivity index (χ3n) is 2.35. The lowest BCUT2D eigenvalue weighted by atomic mass is 10.4. The van der Waals surface area contributed by atoms with E-state index in [1.54, 1.807) is 17.4 Å². The van der Waals surface area contributed by atoms with Crippen LogP contribution in [0.4, 0.5) is 0 Å². The van der Waals surface area contributed by atoms with Crippen molar-refractivity contribution in [1.82, 2.24) is 19.6 Å². The lowest BCUT2D eigenvalue weighted by molar-refractivity contribution is 0.990. The minimum absolute atomic E-state index is 0.430. The SMILES string of the molecule is Cc1nc(Cl)cc2nnc(-c3sccc3Br)n12. The normalized spacial score (nSPS) is 11.2. The Kier molecular flexibility index (Phi) is 2.65. The average Bonchev–Trinajstić information content (AvgIpc) is 2.83. The standard InChI is InChI=1S/C10H6BrClN4S/c1-5-13-7(12)4-8-14-15-10(16(5)8)9-6(11)2-3-17-9/h2-4H,1H3. The molecule has 0 unspecified atom stereocenters. The Morgan fingerprint density at radius 3 is 2.94 bits per heavy atom. The highest BCUT2D eigenvalue weighted by molar-refractivity contribution is 9.10. The van der Waals surface area contributed by atoms with Crippen LogP contribution in [0, 0.1) is 6.92 Å². The molecule has 3 heterocycles. The first-order valence-electron chi connectivity index (χ1n) is 4.78. The average molecular weight is 330 g/mol. The monoisotopic (exact) mass is 328 g/mol. The highest BCUT2D eigenvalue weighted by Gasteiger charge is 2.15. The number of nitrogens with zero attached hydrogens (tertiary/aromatic N) is 4. The van der Waals surface area contributed by atoms with Gasteiger partial charge >= 0.3 is 0 Å². The quantitative estimate of drug-likeness (QED) is 0.641. The second kappa shape index (κ2) is 4.04. The summed E-state index contributed by atoms with van der Waals surface area (Å²) >= 11 is 11.0. The molecule has 3 aromatic rings. The van der Waals surface area contributed by atoms with Gasteiger partial charge < -0.3 is 0 Å². The van der Waals surface area contributed by atoms with Gasteiger partial charge in [0.15, 0.2) is 11.5 Å². The molecular weight excluding hydrogens is 324 g/mol. The first kappa shape index (κ1) is 11.1. The molecule has 86 valence electrons. The van der Waals surface area contributed by atoms with Crippen LogP contribution in [0.5, 0.6) is 0 Å². The molecule has 3 rings (SSSR count). The van der Waals surface area contributed by atoms with Crippen LogP contribution in [-0.4, -0.2) is 19.6 Å². The van der Waals surface area contributed by atoms with Crippen molar-refractivity contribution < 1.29 is 0 Å². The van der Waals surface area contributed by atoms with Crippen LogP contribution in [0.3, 0.4) is 0 Å². The number of fused-ring (bicyclic) bond motifs is 1. The fourth-order valence-corrected chi connectivity index (χ4v) is 3.40. The highest BCUT2D eigenvalue weighted by atomic mass is 79.9. The van der Waals surface area contributed by atoms with Crippen LogP contribution in [0.2, 0.25) is 5.15 Å². The molecule has 0 aliphatic carbocycles. The van der Waals surface area contributed by atoms with Crippen molar-refractivity contribution >= 4 is 44.5 Å². The predicted molar refractivity (Wildman–Crippen MR) is 71.5 cm³/mol. The first-order valence-corrected chi connectivity index (χ1v) is 6.83. The van der Waals surface area contributed by atoms with Crippen LogP contribution >= 0.6 is 38.9 Å². The van der Waals surface area contributed by atoms with Gasteiger partial charge in [0.25, 0.3) is 0 Å². The number of aryl methyl sites for hydroxylation is 1. The van der Waals surface area contributed by atoms with Crippen LogP contribution in [0.1, 0.15) is 5.82 Å². The molecule has 0 bridgehead atoms. The molecule has 7 heteroatoms. The van der Waals surface area contributed by atoms with Crippen molar-refractivity contribution in [3.8, 4) is 10.7 Å². The molecule has 0 aliphatic heterocycles. The number of thiophene rings is 1. The van der Waals surface area contributed by atoms with E-state index in [2.05, 4.69) is 31.1 Å². The van der Waals surface area contributed by atoms with E-state index < -0.39 is 0 Å². The second-order valence-electron chi connectivity index (χ2n) is 3.44. The Hall–Kier alpha value is -0.980. The molecule has 0 fully saturated rings. The first-order chi connectivity index (χ1) is 8.16. The molecule has 0 saturated heterocycles. The van der Waals surface area contributed by atoms with Gasteiger partial charge in [0.1, 0.15) is 11.0 Å². The summed E-state index contributed by atoms with van der Waals surface area (Å²) in [4.78, 5) is 5.24. The van der Waals surface area contributed by atoms with Crippen molar-refractivity contribution in [2.24, 2.45) is 0 Å². The molecule has 0 N–H and O–H groups in total. The fraction of sp³-hybridized carbons (Fsp3) is 0.100. The molecular formula is C10H6BrClN4S. The van der Waals surface area contributed by atoms with E-state index in [4.69, 9.17) is 11.6 Å². The second-order valence-corrected chi connectivity index (χ2v) is 5.60. The molecule has 0 aromatic carbocycles. The molecule has 4 nitrogen and oxygen atoms in total. The Balaban J connectivity index is 2.36. The molecule has 0 amide bonds. The molecule has 0 atom stereocenters. The summed E-state index contributed by atoms with van der Waals surface area (Å²) in [5, 5.41) is 10.7. The van der Waals surface area contributed by atoms with Gasteiger partial charge in [-0.15, -0.1) is 21.5 Å². The van der Waals surface area contributed by atoms with E-state index in [-0.39, 0.29) is 0 Å². The topological polar surface area (TPSA) is 43.1 Å². The minimum atomic E-state index is 0.430. The maximum absolute atomic E-state index is 5.89. The third-order valence-corrected chi connectivity index (χ3v) is 4.38. The lowest BCUT2D eigenvalue weighted by Gasteiger charge is -2.02. The molecule has 0 spiro atoms. The largest absolute Gasteiger partial charge is 0.262 e. The number of halogens is 2. The summed E-state index contributed by atoms with van der Waals surface area (Å²) in [6.45, 7) is 1.88. The summed E-state index contributed by atoms with van der Waals surface area (Å²) in [6, 6.07) is 3.69. The smallest absolute Gasteiger partial charge is 0.181 e. The molecule has 17 heavy (non-hydrogen) atoms. The Morgan fingerprint density at radius 2 is 2.24 bits per heavy atom. The maximum Gasteiger partial charge on any atom is 0.181 e. The van der Waals surface area contributed by atoms with E-state index >= 15 is 0 Å².